The van der Waals surface area contributed by atoms with Crippen LogP contribution in [0.25, 0.3) is 0 Å². The van der Waals surface area contributed by atoms with E-state index in [1.165, 1.54) is 4.90 Å². The standard InChI is InChI=1S/C12H13ClN2O2/c1-2-6-14-8-11(16)15(12(14)17)10-5-3-4-9(13)7-10/h3-5,7H,2,6,8H2,1H3. The molecule has 1 heterocycles. The Kier molecular flexibility index (Phi) is 3.33. The van der Waals surface area contributed by atoms with Crippen LogP contribution >= 0.6 is 11.6 Å². The minimum absolute atomic E-state index is 0.152. The predicted molar refractivity (Wildman–Crippen MR) is 66.2 cm³/mol. The van der Waals surface area contributed by atoms with E-state index in [4.69, 9.17) is 11.6 Å². The van der Waals surface area contributed by atoms with Crippen LogP contribution in [-0.2, 0) is 4.79 Å². The van der Waals surface area contributed by atoms with E-state index >= 15 is 0 Å². The molecule has 1 aliphatic rings. The Morgan fingerprint density at radius 3 is 2.76 bits per heavy atom. The minimum Gasteiger partial charge on any atom is -0.315 e. The molecule has 3 amide bonds. The third-order valence-electron chi connectivity index (χ3n) is 2.60. The zero-order valence-corrected chi connectivity index (χ0v) is 10.3. The SMILES string of the molecule is CCCN1CC(=O)N(c2cccc(Cl)c2)C1=O. The van der Waals surface area contributed by atoms with Gasteiger partial charge in [0.2, 0.25) is 0 Å². The quantitative estimate of drug-likeness (QED) is 0.776. The summed E-state index contributed by atoms with van der Waals surface area (Å²) in [5.74, 6) is -0.203. The number of benzene rings is 1. The second-order valence-corrected chi connectivity index (χ2v) is 4.35. The molecule has 0 aromatic heterocycles. The van der Waals surface area contributed by atoms with Crippen LogP contribution in [0.2, 0.25) is 5.02 Å². The molecule has 0 aliphatic carbocycles. The number of anilines is 1. The van der Waals surface area contributed by atoms with Crippen molar-refractivity contribution in [3.8, 4) is 0 Å². The zero-order chi connectivity index (χ0) is 12.4. The fraction of sp³-hybridized carbons (Fsp3) is 0.333. The van der Waals surface area contributed by atoms with E-state index in [0.29, 0.717) is 17.3 Å². The molecule has 0 saturated carbocycles. The number of hydrogen-bond donors (Lipinski definition) is 0. The maximum absolute atomic E-state index is 12.0. The number of carbonyl (C=O) groups is 2. The summed E-state index contributed by atoms with van der Waals surface area (Å²) in [6.07, 6.45) is 0.836. The number of imide groups is 1. The third kappa shape index (κ3) is 2.26. The molecule has 0 spiro atoms. The maximum atomic E-state index is 12.0. The molecule has 0 radical (unpaired) electrons. The summed E-state index contributed by atoms with van der Waals surface area (Å²) < 4.78 is 0. The van der Waals surface area contributed by atoms with E-state index in [9.17, 15) is 9.59 Å². The van der Waals surface area contributed by atoms with Gasteiger partial charge in [-0.25, -0.2) is 9.69 Å². The zero-order valence-electron chi connectivity index (χ0n) is 9.52. The predicted octanol–water partition coefficient (Wildman–Crippen LogP) is 2.52. The first-order valence-corrected chi connectivity index (χ1v) is 5.88. The van der Waals surface area contributed by atoms with Crippen LogP contribution in [0.3, 0.4) is 0 Å². The van der Waals surface area contributed by atoms with Crippen molar-refractivity contribution in [3.63, 3.8) is 0 Å². The Hall–Kier alpha value is -1.55. The van der Waals surface area contributed by atoms with E-state index < -0.39 is 0 Å². The fourth-order valence-corrected chi connectivity index (χ4v) is 2.05. The van der Waals surface area contributed by atoms with Crippen molar-refractivity contribution in [1.29, 1.82) is 0 Å². The molecular weight excluding hydrogens is 240 g/mol. The molecule has 0 atom stereocenters. The first-order chi connectivity index (χ1) is 8.13. The highest BCUT2D eigenvalue weighted by Gasteiger charge is 2.36. The largest absolute Gasteiger partial charge is 0.331 e. The summed E-state index contributed by atoms with van der Waals surface area (Å²) >= 11 is 5.85. The lowest BCUT2D eigenvalue weighted by Crippen LogP contribution is -2.33. The topological polar surface area (TPSA) is 40.6 Å². The first-order valence-electron chi connectivity index (χ1n) is 5.51. The highest BCUT2D eigenvalue weighted by molar-refractivity contribution is 6.31. The Balaban J connectivity index is 2.27. The van der Waals surface area contributed by atoms with Crippen molar-refractivity contribution in [2.75, 3.05) is 18.0 Å². The molecule has 1 saturated heterocycles. The van der Waals surface area contributed by atoms with Gasteiger partial charge in [-0.15, -0.1) is 0 Å². The van der Waals surface area contributed by atoms with Gasteiger partial charge in [0.15, 0.2) is 0 Å². The number of rotatable bonds is 3. The van der Waals surface area contributed by atoms with Crippen LogP contribution in [0.5, 0.6) is 0 Å². The van der Waals surface area contributed by atoms with Crippen LogP contribution < -0.4 is 4.90 Å². The van der Waals surface area contributed by atoms with Gasteiger partial charge in [-0.05, 0) is 24.6 Å². The maximum Gasteiger partial charge on any atom is 0.331 e. The van der Waals surface area contributed by atoms with E-state index in [1.54, 1.807) is 29.2 Å². The fourth-order valence-electron chi connectivity index (χ4n) is 1.86. The Labute approximate surface area is 105 Å². The Morgan fingerprint density at radius 2 is 2.12 bits per heavy atom. The van der Waals surface area contributed by atoms with Crippen molar-refractivity contribution >= 4 is 29.2 Å². The second kappa shape index (κ2) is 4.75. The number of halogens is 1. The Bertz CT molecular complexity index is 462. The van der Waals surface area contributed by atoms with E-state index in [-0.39, 0.29) is 18.5 Å². The number of urea groups is 1. The van der Waals surface area contributed by atoms with Gasteiger partial charge in [0.1, 0.15) is 6.54 Å². The second-order valence-electron chi connectivity index (χ2n) is 3.91. The van der Waals surface area contributed by atoms with Gasteiger partial charge in [-0.1, -0.05) is 24.6 Å². The van der Waals surface area contributed by atoms with Crippen LogP contribution in [0, 0.1) is 0 Å². The summed E-state index contributed by atoms with van der Waals surface area (Å²) in [4.78, 5) is 26.5. The molecule has 1 aliphatic heterocycles. The van der Waals surface area contributed by atoms with Crippen molar-refractivity contribution < 1.29 is 9.59 Å². The number of amides is 3. The van der Waals surface area contributed by atoms with Gasteiger partial charge in [0, 0.05) is 11.6 Å². The molecule has 0 unspecified atom stereocenters. The molecule has 2 rings (SSSR count). The lowest BCUT2D eigenvalue weighted by Gasteiger charge is -2.16. The minimum atomic E-state index is -0.265. The van der Waals surface area contributed by atoms with E-state index in [0.717, 1.165) is 6.42 Å². The van der Waals surface area contributed by atoms with Crippen molar-refractivity contribution in [1.82, 2.24) is 4.90 Å². The van der Waals surface area contributed by atoms with Gasteiger partial charge < -0.3 is 4.90 Å². The average molecular weight is 253 g/mol. The van der Waals surface area contributed by atoms with Crippen molar-refractivity contribution in [2.45, 2.75) is 13.3 Å². The van der Waals surface area contributed by atoms with Crippen LogP contribution in [0.1, 0.15) is 13.3 Å². The number of nitrogens with zero attached hydrogens (tertiary/aromatic N) is 2. The van der Waals surface area contributed by atoms with Crippen molar-refractivity contribution in [2.24, 2.45) is 0 Å². The molecule has 0 N–H and O–H groups in total. The van der Waals surface area contributed by atoms with Crippen LogP contribution in [0.4, 0.5) is 10.5 Å². The molecule has 1 fully saturated rings. The molecule has 0 bridgehead atoms. The van der Waals surface area contributed by atoms with Gasteiger partial charge in [-0.3, -0.25) is 4.79 Å². The molecular formula is C12H13ClN2O2. The lowest BCUT2D eigenvalue weighted by atomic mass is 10.3. The first kappa shape index (κ1) is 11.9. The molecule has 1 aromatic rings. The number of carbonyl (C=O) groups excluding carboxylic acids is 2. The Morgan fingerprint density at radius 1 is 1.35 bits per heavy atom. The smallest absolute Gasteiger partial charge is 0.315 e. The van der Waals surface area contributed by atoms with Gasteiger partial charge in [0.05, 0.1) is 5.69 Å². The van der Waals surface area contributed by atoms with Crippen LogP contribution in [-0.4, -0.2) is 29.9 Å². The number of hydrogen-bond acceptors (Lipinski definition) is 2. The van der Waals surface area contributed by atoms with Gasteiger partial charge >= 0.3 is 6.03 Å². The summed E-state index contributed by atoms with van der Waals surface area (Å²) in [6.45, 7) is 2.72. The summed E-state index contributed by atoms with van der Waals surface area (Å²) in [7, 11) is 0. The highest BCUT2D eigenvalue weighted by Crippen LogP contribution is 2.24. The third-order valence-corrected chi connectivity index (χ3v) is 2.83. The van der Waals surface area contributed by atoms with Gasteiger partial charge in [0.25, 0.3) is 5.91 Å². The summed E-state index contributed by atoms with van der Waals surface area (Å²) in [5, 5.41) is 0.511. The molecule has 4 nitrogen and oxygen atoms in total. The molecule has 5 heteroatoms. The van der Waals surface area contributed by atoms with E-state index in [2.05, 4.69) is 0 Å². The van der Waals surface area contributed by atoms with Crippen LogP contribution in [0.15, 0.2) is 24.3 Å². The lowest BCUT2D eigenvalue weighted by molar-refractivity contribution is -0.116. The van der Waals surface area contributed by atoms with E-state index in [1.807, 2.05) is 6.92 Å². The summed E-state index contributed by atoms with van der Waals surface area (Å²) in [6, 6.07) is 6.49. The molecule has 90 valence electrons. The molecule has 1 aromatic carbocycles. The van der Waals surface area contributed by atoms with Crippen molar-refractivity contribution in [3.05, 3.63) is 29.3 Å². The molecule has 17 heavy (non-hydrogen) atoms. The average Bonchev–Trinajstić information content (AvgIpc) is 2.55. The highest BCUT2D eigenvalue weighted by atomic mass is 35.5. The normalized spacial score (nSPS) is 15.9. The monoisotopic (exact) mass is 252 g/mol. The summed E-state index contributed by atoms with van der Waals surface area (Å²) in [5.41, 5.74) is 0.533. The van der Waals surface area contributed by atoms with Gasteiger partial charge in [-0.2, -0.15) is 0 Å².